The Morgan fingerprint density at radius 2 is 1.92 bits per heavy atom. The molecule has 1 unspecified atom stereocenters. The zero-order valence-corrected chi connectivity index (χ0v) is 18.6. The van der Waals surface area contributed by atoms with Gasteiger partial charge >= 0.3 is 6.18 Å². The second kappa shape index (κ2) is 9.46. The van der Waals surface area contributed by atoms with Gasteiger partial charge in [0.2, 0.25) is 11.9 Å². The number of aromatic nitrogens is 3. The van der Waals surface area contributed by atoms with Gasteiger partial charge in [0.1, 0.15) is 23.1 Å². The lowest BCUT2D eigenvalue weighted by atomic mass is 10.1. The number of alkyl halides is 3. The van der Waals surface area contributed by atoms with Crippen molar-refractivity contribution in [2.75, 3.05) is 23.7 Å². The number of hydrogen-bond acceptors (Lipinski definition) is 6. The number of nitrogens with zero attached hydrogens (tertiary/aromatic N) is 2. The summed E-state index contributed by atoms with van der Waals surface area (Å²) in [4.78, 5) is 23.6. The number of carbonyl (C=O) groups excluding carboxylic acids is 1. The summed E-state index contributed by atoms with van der Waals surface area (Å²) in [6.45, 7) is 1.43. The molecule has 0 aliphatic carbocycles. The first kappa shape index (κ1) is 23.5. The number of hydrogen-bond donors (Lipinski definition) is 4. The number of H-pyrrole nitrogens is 1. The van der Waals surface area contributed by atoms with Crippen molar-refractivity contribution >= 4 is 34.4 Å². The van der Waals surface area contributed by atoms with Crippen molar-refractivity contribution in [1.29, 1.82) is 0 Å². The van der Waals surface area contributed by atoms with Crippen LogP contribution in [-0.4, -0.2) is 33.9 Å². The molecule has 1 atom stereocenters. The van der Waals surface area contributed by atoms with Gasteiger partial charge in [-0.15, -0.1) is 0 Å². The van der Waals surface area contributed by atoms with Crippen LogP contribution in [0, 0.1) is 11.7 Å². The van der Waals surface area contributed by atoms with Crippen LogP contribution >= 0.6 is 0 Å². The lowest BCUT2D eigenvalue weighted by Crippen LogP contribution is -2.25. The monoisotopic (exact) mass is 500 g/mol. The number of amides is 1. The Bertz CT molecular complexity index is 1420. The van der Waals surface area contributed by atoms with Crippen LogP contribution in [0.1, 0.15) is 12.0 Å². The molecule has 3 heterocycles. The van der Waals surface area contributed by atoms with Crippen molar-refractivity contribution in [2.24, 2.45) is 5.92 Å². The van der Waals surface area contributed by atoms with Crippen LogP contribution in [0.25, 0.3) is 11.0 Å². The van der Waals surface area contributed by atoms with Crippen LogP contribution in [0.2, 0.25) is 0 Å². The number of benzene rings is 2. The summed E-state index contributed by atoms with van der Waals surface area (Å²) in [5.41, 5.74) is -0.338. The molecule has 1 aliphatic rings. The molecule has 4 N–H and O–H groups in total. The molecular weight excluding hydrogens is 480 g/mol. The third-order valence-corrected chi connectivity index (χ3v) is 5.65. The molecule has 5 rings (SSSR count). The van der Waals surface area contributed by atoms with Gasteiger partial charge < -0.3 is 25.7 Å². The van der Waals surface area contributed by atoms with E-state index in [4.69, 9.17) is 4.74 Å². The lowest BCUT2D eigenvalue weighted by molar-refractivity contribution is -0.137. The van der Waals surface area contributed by atoms with Gasteiger partial charge in [-0.3, -0.25) is 4.79 Å². The van der Waals surface area contributed by atoms with E-state index in [9.17, 15) is 22.4 Å². The average Bonchev–Trinajstić information content (AvgIpc) is 3.50. The topological polar surface area (TPSA) is 104 Å². The first-order chi connectivity index (χ1) is 17.2. The fourth-order valence-corrected chi connectivity index (χ4v) is 3.82. The first-order valence-electron chi connectivity index (χ1n) is 11.0. The summed E-state index contributed by atoms with van der Waals surface area (Å²) in [7, 11) is 0. The number of carbonyl (C=O) groups is 1. The van der Waals surface area contributed by atoms with Gasteiger partial charge in [0.05, 0.1) is 28.2 Å². The highest BCUT2D eigenvalue weighted by atomic mass is 19.4. The molecule has 12 heteroatoms. The minimum absolute atomic E-state index is 0.0655. The molecule has 0 spiro atoms. The maximum Gasteiger partial charge on any atom is 0.416 e. The smallest absolute Gasteiger partial charge is 0.416 e. The van der Waals surface area contributed by atoms with Crippen LogP contribution in [0.15, 0.2) is 54.7 Å². The van der Waals surface area contributed by atoms with E-state index in [2.05, 4.69) is 30.9 Å². The molecule has 1 fully saturated rings. The molecule has 1 amide bonds. The maximum absolute atomic E-state index is 14.1. The highest BCUT2D eigenvalue weighted by Crippen LogP contribution is 2.33. The second-order valence-corrected chi connectivity index (χ2v) is 8.24. The molecule has 0 radical (unpaired) electrons. The SMILES string of the molecule is O=C(Nc1cc(Oc2ccc3nc(Nc4cc(C(F)(F)F)ccc4F)[nH]c3c2)ccn1)C1CCNC1. The molecular formula is C24H20F4N6O2. The van der Waals surface area contributed by atoms with E-state index in [0.717, 1.165) is 19.0 Å². The predicted octanol–water partition coefficient (Wildman–Crippen LogP) is 5.20. The highest BCUT2D eigenvalue weighted by Gasteiger charge is 2.31. The number of ether oxygens (including phenoxy) is 1. The predicted molar refractivity (Wildman–Crippen MR) is 125 cm³/mol. The quantitative estimate of drug-likeness (QED) is 0.272. The van der Waals surface area contributed by atoms with E-state index in [1.54, 1.807) is 30.3 Å². The van der Waals surface area contributed by atoms with E-state index < -0.39 is 17.6 Å². The third kappa shape index (κ3) is 5.23. The number of fused-ring (bicyclic) bond motifs is 1. The summed E-state index contributed by atoms with van der Waals surface area (Å²) >= 11 is 0. The summed E-state index contributed by atoms with van der Waals surface area (Å²) in [5, 5.41) is 8.49. The second-order valence-electron chi connectivity index (χ2n) is 8.24. The van der Waals surface area contributed by atoms with E-state index in [0.29, 0.717) is 47.0 Å². The average molecular weight is 500 g/mol. The van der Waals surface area contributed by atoms with Crippen LogP contribution in [0.5, 0.6) is 11.5 Å². The molecule has 8 nitrogen and oxygen atoms in total. The number of aromatic amines is 1. The zero-order chi connectivity index (χ0) is 25.3. The zero-order valence-electron chi connectivity index (χ0n) is 18.6. The molecule has 186 valence electrons. The summed E-state index contributed by atoms with van der Waals surface area (Å²) in [6, 6.07) is 10.3. The van der Waals surface area contributed by atoms with E-state index in [-0.39, 0.29) is 23.5 Å². The molecule has 36 heavy (non-hydrogen) atoms. The Kier molecular flexibility index (Phi) is 6.18. The Hall–Kier alpha value is -4.19. The number of anilines is 3. The van der Waals surface area contributed by atoms with Crippen molar-refractivity contribution < 1.29 is 27.1 Å². The highest BCUT2D eigenvalue weighted by molar-refractivity contribution is 5.92. The van der Waals surface area contributed by atoms with Gasteiger partial charge in [0, 0.05) is 24.9 Å². The third-order valence-electron chi connectivity index (χ3n) is 5.65. The molecule has 4 aromatic rings. The van der Waals surface area contributed by atoms with E-state index >= 15 is 0 Å². The Balaban J connectivity index is 1.31. The summed E-state index contributed by atoms with van der Waals surface area (Å²) < 4.78 is 58.9. The largest absolute Gasteiger partial charge is 0.457 e. The fraction of sp³-hybridized carbons (Fsp3) is 0.208. The minimum Gasteiger partial charge on any atom is -0.457 e. The Morgan fingerprint density at radius 1 is 1.08 bits per heavy atom. The lowest BCUT2D eigenvalue weighted by Gasteiger charge is -2.11. The van der Waals surface area contributed by atoms with Gasteiger partial charge in [0.15, 0.2) is 0 Å². The van der Waals surface area contributed by atoms with Crippen LogP contribution in [-0.2, 0) is 11.0 Å². The summed E-state index contributed by atoms with van der Waals surface area (Å²) in [5.74, 6) is 0.237. The van der Waals surface area contributed by atoms with Crippen LogP contribution in [0.4, 0.5) is 35.0 Å². The molecule has 2 aromatic carbocycles. The van der Waals surface area contributed by atoms with Crippen LogP contribution in [0.3, 0.4) is 0 Å². The molecule has 1 aliphatic heterocycles. The number of imidazole rings is 1. The van der Waals surface area contributed by atoms with E-state index in [1.165, 1.54) is 6.20 Å². The normalized spacial score (nSPS) is 15.7. The number of pyridine rings is 1. The fourth-order valence-electron chi connectivity index (χ4n) is 3.82. The van der Waals surface area contributed by atoms with Gasteiger partial charge in [-0.1, -0.05) is 0 Å². The van der Waals surface area contributed by atoms with Crippen LogP contribution < -0.4 is 20.7 Å². The van der Waals surface area contributed by atoms with Gasteiger partial charge in [-0.05, 0) is 49.4 Å². The molecule has 1 saturated heterocycles. The molecule has 0 saturated carbocycles. The minimum atomic E-state index is -4.60. The van der Waals surface area contributed by atoms with Gasteiger partial charge in [0.25, 0.3) is 0 Å². The number of halogens is 4. The Labute approximate surface area is 202 Å². The van der Waals surface area contributed by atoms with Gasteiger partial charge in [-0.2, -0.15) is 13.2 Å². The van der Waals surface area contributed by atoms with Gasteiger partial charge in [-0.25, -0.2) is 14.4 Å². The van der Waals surface area contributed by atoms with Crippen molar-refractivity contribution in [3.8, 4) is 11.5 Å². The maximum atomic E-state index is 14.1. The Morgan fingerprint density at radius 3 is 2.69 bits per heavy atom. The standard InChI is InChI=1S/C24H20F4N6O2/c25-17-3-1-14(24(26,27)28)9-19(17)32-23-31-18-4-2-15(10-20(18)33-23)36-16-6-8-30-21(11-16)34-22(35)13-5-7-29-12-13/h1-4,6,8-11,13,29H,5,7,12H2,(H,30,34,35)(H2,31,32,33). The number of nitrogens with one attached hydrogen (secondary N) is 4. The number of rotatable bonds is 6. The molecule has 0 bridgehead atoms. The van der Waals surface area contributed by atoms with Crippen molar-refractivity contribution in [3.63, 3.8) is 0 Å². The first-order valence-corrected chi connectivity index (χ1v) is 11.0. The molecule has 2 aromatic heterocycles. The summed E-state index contributed by atoms with van der Waals surface area (Å²) in [6.07, 6.45) is -2.32. The van der Waals surface area contributed by atoms with Crippen molar-refractivity contribution in [2.45, 2.75) is 12.6 Å². The van der Waals surface area contributed by atoms with Crippen molar-refractivity contribution in [3.05, 3.63) is 66.1 Å². The van der Waals surface area contributed by atoms with E-state index in [1.807, 2.05) is 0 Å². The van der Waals surface area contributed by atoms with Crippen molar-refractivity contribution in [1.82, 2.24) is 20.3 Å².